The Morgan fingerprint density at radius 2 is 1.79 bits per heavy atom. The van der Waals surface area contributed by atoms with Crippen LogP contribution in [0.15, 0.2) is 30.9 Å². The largest absolute Gasteiger partial charge is 0.453 e. The molecule has 0 aliphatic carbocycles. The first kappa shape index (κ1) is 16.1. The Hall–Kier alpha value is -2.81. The summed E-state index contributed by atoms with van der Waals surface area (Å²) in [4.78, 5) is 32.6. The highest BCUT2D eigenvalue weighted by Crippen LogP contribution is 2.12. The predicted molar refractivity (Wildman–Crippen MR) is 87.9 cm³/mol. The van der Waals surface area contributed by atoms with Gasteiger partial charge < -0.3 is 19.9 Å². The van der Waals surface area contributed by atoms with Crippen molar-refractivity contribution in [3.63, 3.8) is 0 Å². The first-order valence-electron chi connectivity index (χ1n) is 7.66. The number of anilines is 2. The van der Waals surface area contributed by atoms with Crippen LogP contribution in [0.25, 0.3) is 0 Å². The maximum atomic E-state index is 11.8. The third kappa shape index (κ3) is 4.35. The predicted octanol–water partition coefficient (Wildman–Crippen LogP) is 0.0359. The van der Waals surface area contributed by atoms with Gasteiger partial charge in [0.1, 0.15) is 0 Å². The number of likely N-dealkylation sites (N-methyl/N-ethyl adjacent to an activating group) is 1. The summed E-state index contributed by atoms with van der Waals surface area (Å²) in [5.74, 6) is 0.355. The van der Waals surface area contributed by atoms with Crippen LogP contribution in [-0.4, -0.2) is 70.6 Å². The molecule has 126 valence electrons. The Balaban J connectivity index is 1.49. The molecule has 9 nitrogen and oxygen atoms in total. The molecule has 24 heavy (non-hydrogen) atoms. The van der Waals surface area contributed by atoms with Crippen LogP contribution in [0.1, 0.15) is 0 Å². The minimum atomic E-state index is -0.321. The van der Waals surface area contributed by atoms with Crippen LogP contribution in [0.2, 0.25) is 0 Å². The van der Waals surface area contributed by atoms with E-state index in [1.165, 1.54) is 0 Å². The lowest BCUT2D eigenvalue weighted by atomic mass is 10.3. The minimum absolute atomic E-state index is 0.161. The second-order valence-electron chi connectivity index (χ2n) is 5.43. The molecule has 3 rings (SSSR count). The van der Waals surface area contributed by atoms with Gasteiger partial charge in [0.2, 0.25) is 5.95 Å². The average molecular weight is 329 g/mol. The van der Waals surface area contributed by atoms with Crippen molar-refractivity contribution in [1.82, 2.24) is 24.8 Å². The molecule has 0 aromatic carbocycles. The minimum Gasteiger partial charge on any atom is -0.453 e. The molecule has 1 saturated heterocycles. The highest BCUT2D eigenvalue weighted by Gasteiger charge is 2.16. The summed E-state index contributed by atoms with van der Waals surface area (Å²) in [7, 11) is 2.10. The number of piperazine rings is 1. The molecule has 1 aliphatic rings. The summed E-state index contributed by atoms with van der Waals surface area (Å²) in [6.45, 7) is 3.59. The second kappa shape index (κ2) is 7.64. The van der Waals surface area contributed by atoms with Crippen LogP contribution in [0.3, 0.4) is 0 Å². The lowest BCUT2D eigenvalue weighted by molar-refractivity contribution is -0.118. The van der Waals surface area contributed by atoms with E-state index in [0.717, 1.165) is 26.2 Å². The van der Waals surface area contributed by atoms with Gasteiger partial charge >= 0.3 is 6.01 Å². The zero-order valence-corrected chi connectivity index (χ0v) is 13.4. The number of nitrogens with zero attached hydrogens (tertiary/aromatic N) is 6. The molecule has 1 fully saturated rings. The van der Waals surface area contributed by atoms with Crippen LogP contribution in [0, 0.1) is 0 Å². The summed E-state index contributed by atoms with van der Waals surface area (Å²) < 4.78 is 5.18. The fraction of sp³-hybridized carbons (Fsp3) is 0.400. The molecule has 0 spiro atoms. The molecule has 0 unspecified atom stereocenters. The quantitative estimate of drug-likeness (QED) is 0.821. The van der Waals surface area contributed by atoms with Gasteiger partial charge in [-0.3, -0.25) is 4.79 Å². The van der Waals surface area contributed by atoms with Gasteiger partial charge in [0.25, 0.3) is 5.91 Å². The molecule has 9 heteroatoms. The smallest absolute Gasteiger partial charge is 0.316 e. The molecule has 0 radical (unpaired) electrons. The van der Waals surface area contributed by atoms with E-state index in [0.29, 0.717) is 11.6 Å². The molecule has 0 atom stereocenters. The first-order chi connectivity index (χ1) is 11.7. The number of carbonyl (C=O) groups excluding carboxylic acids is 1. The van der Waals surface area contributed by atoms with E-state index in [9.17, 15) is 4.79 Å². The number of hydrogen-bond donors (Lipinski definition) is 1. The van der Waals surface area contributed by atoms with Crippen molar-refractivity contribution < 1.29 is 9.53 Å². The summed E-state index contributed by atoms with van der Waals surface area (Å²) in [6, 6.07) is 1.83. The molecular weight excluding hydrogens is 310 g/mol. The number of aromatic nitrogens is 4. The Kier molecular flexibility index (Phi) is 5.12. The van der Waals surface area contributed by atoms with E-state index >= 15 is 0 Å². The van der Waals surface area contributed by atoms with Gasteiger partial charge in [-0.15, -0.1) is 0 Å². The molecule has 1 aliphatic heterocycles. The normalized spacial score (nSPS) is 15.1. The number of carbonyl (C=O) groups is 1. The highest BCUT2D eigenvalue weighted by atomic mass is 16.5. The van der Waals surface area contributed by atoms with E-state index in [1.54, 1.807) is 30.9 Å². The van der Waals surface area contributed by atoms with Crippen LogP contribution in [0.5, 0.6) is 6.01 Å². The number of rotatable bonds is 5. The average Bonchev–Trinajstić information content (AvgIpc) is 2.62. The fourth-order valence-corrected chi connectivity index (χ4v) is 2.24. The van der Waals surface area contributed by atoms with E-state index in [4.69, 9.17) is 4.74 Å². The molecule has 2 aromatic heterocycles. The van der Waals surface area contributed by atoms with Crippen LogP contribution >= 0.6 is 0 Å². The monoisotopic (exact) mass is 329 g/mol. The van der Waals surface area contributed by atoms with Crippen molar-refractivity contribution in [3.8, 4) is 6.01 Å². The maximum Gasteiger partial charge on any atom is 0.316 e. The van der Waals surface area contributed by atoms with Gasteiger partial charge in [0, 0.05) is 38.6 Å². The summed E-state index contributed by atoms with van der Waals surface area (Å²) in [6.07, 6.45) is 6.28. The van der Waals surface area contributed by atoms with Crippen molar-refractivity contribution in [3.05, 3.63) is 30.9 Å². The van der Waals surface area contributed by atoms with Crippen molar-refractivity contribution >= 4 is 17.5 Å². The first-order valence-corrected chi connectivity index (χ1v) is 7.66. The molecule has 3 heterocycles. The van der Waals surface area contributed by atoms with E-state index in [1.807, 2.05) is 0 Å². The molecule has 2 aromatic rings. The second-order valence-corrected chi connectivity index (χ2v) is 5.43. The van der Waals surface area contributed by atoms with Gasteiger partial charge in [-0.2, -0.15) is 0 Å². The molecule has 1 N–H and O–H groups in total. The van der Waals surface area contributed by atoms with E-state index < -0.39 is 0 Å². The van der Waals surface area contributed by atoms with Gasteiger partial charge in [-0.25, -0.2) is 19.9 Å². The van der Waals surface area contributed by atoms with Gasteiger partial charge in [0.15, 0.2) is 6.61 Å². The summed E-state index contributed by atoms with van der Waals surface area (Å²) in [5.41, 5.74) is 0.524. The third-order valence-corrected chi connectivity index (χ3v) is 3.58. The zero-order valence-electron chi connectivity index (χ0n) is 13.4. The lowest BCUT2D eigenvalue weighted by Gasteiger charge is -2.32. The van der Waals surface area contributed by atoms with Crippen LogP contribution in [0.4, 0.5) is 11.6 Å². The standard InChI is InChI=1S/C15H19N7O2/c1-21-5-7-22(8-6-21)14-18-9-12(10-19-14)20-13(23)11-24-15-16-3-2-4-17-15/h2-4,9-10H,5-8,11H2,1H3,(H,20,23). The maximum absolute atomic E-state index is 11.8. The Labute approximate surface area is 139 Å². The molecule has 1 amide bonds. The lowest BCUT2D eigenvalue weighted by Crippen LogP contribution is -2.45. The third-order valence-electron chi connectivity index (χ3n) is 3.58. The van der Waals surface area contributed by atoms with Gasteiger partial charge in [0.05, 0.1) is 18.1 Å². The number of amides is 1. The SMILES string of the molecule is CN1CCN(c2ncc(NC(=O)COc3ncccn3)cn2)CC1. The van der Waals surface area contributed by atoms with Crippen molar-refractivity contribution in [2.24, 2.45) is 0 Å². The van der Waals surface area contributed by atoms with E-state index in [2.05, 4.69) is 42.1 Å². The Morgan fingerprint density at radius 1 is 1.12 bits per heavy atom. The topological polar surface area (TPSA) is 96.4 Å². The van der Waals surface area contributed by atoms with E-state index in [-0.39, 0.29) is 18.5 Å². The van der Waals surface area contributed by atoms with Crippen LogP contribution < -0.4 is 15.0 Å². The van der Waals surface area contributed by atoms with Crippen molar-refractivity contribution in [1.29, 1.82) is 0 Å². The fourth-order valence-electron chi connectivity index (χ4n) is 2.24. The molecule has 0 saturated carbocycles. The van der Waals surface area contributed by atoms with Gasteiger partial charge in [-0.05, 0) is 13.1 Å². The van der Waals surface area contributed by atoms with Crippen molar-refractivity contribution in [2.45, 2.75) is 0 Å². The summed E-state index contributed by atoms with van der Waals surface area (Å²) in [5, 5.41) is 2.68. The molecular formula is C15H19N7O2. The summed E-state index contributed by atoms with van der Waals surface area (Å²) >= 11 is 0. The van der Waals surface area contributed by atoms with Crippen LogP contribution in [-0.2, 0) is 4.79 Å². The Morgan fingerprint density at radius 3 is 2.46 bits per heavy atom. The number of hydrogen-bond acceptors (Lipinski definition) is 8. The number of nitrogens with one attached hydrogen (secondary N) is 1. The molecule has 0 bridgehead atoms. The zero-order chi connectivity index (χ0) is 16.8. The van der Waals surface area contributed by atoms with Gasteiger partial charge in [-0.1, -0.05) is 0 Å². The highest BCUT2D eigenvalue weighted by molar-refractivity contribution is 5.91. The van der Waals surface area contributed by atoms with Crippen molar-refractivity contribution in [2.75, 3.05) is 50.1 Å². The Bertz CT molecular complexity index is 657. The number of ether oxygens (including phenoxy) is 1.